The van der Waals surface area contributed by atoms with Crippen LogP contribution in [0.15, 0.2) is 54.6 Å². The third-order valence-electron chi connectivity index (χ3n) is 4.70. The van der Waals surface area contributed by atoms with E-state index in [0.29, 0.717) is 17.5 Å². The van der Waals surface area contributed by atoms with E-state index in [1.807, 2.05) is 0 Å². The largest absolute Gasteiger partial charge is 0.207 e. The minimum Gasteiger partial charge on any atom is -0.207 e. The second-order valence-electron chi connectivity index (χ2n) is 6.57. The molecule has 0 atom stereocenters. The lowest BCUT2D eigenvalue weighted by Gasteiger charge is -2.10. The van der Waals surface area contributed by atoms with Gasteiger partial charge in [0.25, 0.3) is 0 Å². The smallest absolute Gasteiger partial charge is 0.134 e. The first-order chi connectivity index (χ1) is 12.5. The third kappa shape index (κ3) is 4.07. The number of hydrogen-bond donors (Lipinski definition) is 0. The van der Waals surface area contributed by atoms with Crippen LogP contribution in [0, 0.1) is 24.4 Å². The molecule has 3 aromatic rings. The van der Waals surface area contributed by atoms with E-state index in [-0.39, 0.29) is 11.1 Å². The van der Waals surface area contributed by atoms with Gasteiger partial charge in [-0.3, -0.25) is 0 Å². The van der Waals surface area contributed by atoms with Crippen molar-refractivity contribution < 1.29 is 13.2 Å². The van der Waals surface area contributed by atoms with Gasteiger partial charge in [0, 0.05) is 10.2 Å². The highest BCUT2D eigenvalue weighted by Gasteiger charge is 2.14. The number of aryl methyl sites for hydroxylation is 3. The van der Waals surface area contributed by atoms with Gasteiger partial charge in [0.05, 0.1) is 5.56 Å². The van der Waals surface area contributed by atoms with Gasteiger partial charge in [0.1, 0.15) is 17.5 Å². The van der Waals surface area contributed by atoms with Gasteiger partial charge in [0.2, 0.25) is 0 Å². The molecule has 3 aromatic carbocycles. The summed E-state index contributed by atoms with van der Waals surface area (Å²) in [6, 6.07) is 16.4. The van der Waals surface area contributed by atoms with Crippen molar-refractivity contribution in [3.63, 3.8) is 0 Å². The maximum Gasteiger partial charge on any atom is 0.134 e. The SMILES string of the molecule is Cc1ccc(-c2c(F)cc(CCc3ccc(C[SiH3])cc3)cc2F)cc1F. The topological polar surface area (TPSA) is 0 Å². The Morgan fingerprint density at radius 1 is 0.692 bits per heavy atom. The van der Waals surface area contributed by atoms with Crippen LogP contribution in [0.2, 0.25) is 0 Å². The van der Waals surface area contributed by atoms with E-state index < -0.39 is 17.5 Å². The molecule has 3 rings (SSSR count). The second kappa shape index (κ2) is 7.91. The second-order valence-corrected chi connectivity index (χ2v) is 7.28. The Morgan fingerprint density at radius 2 is 1.27 bits per heavy atom. The Morgan fingerprint density at radius 3 is 1.85 bits per heavy atom. The van der Waals surface area contributed by atoms with Gasteiger partial charge in [-0.2, -0.15) is 0 Å². The summed E-state index contributed by atoms with van der Waals surface area (Å²) in [5, 5.41) is 0. The van der Waals surface area contributed by atoms with E-state index in [4.69, 9.17) is 0 Å². The van der Waals surface area contributed by atoms with Crippen LogP contribution in [0.1, 0.15) is 22.3 Å². The summed E-state index contributed by atoms with van der Waals surface area (Å²) in [7, 11) is 1.13. The molecule has 0 saturated carbocycles. The Hall–Kier alpha value is -2.33. The highest BCUT2D eigenvalue weighted by atomic mass is 28.1. The highest BCUT2D eigenvalue weighted by Crippen LogP contribution is 2.29. The number of hydrogen-bond acceptors (Lipinski definition) is 0. The van der Waals surface area contributed by atoms with Crippen LogP contribution in [-0.2, 0) is 18.9 Å². The predicted octanol–water partition coefficient (Wildman–Crippen LogP) is 4.73. The van der Waals surface area contributed by atoms with Crippen molar-refractivity contribution >= 4 is 10.2 Å². The van der Waals surface area contributed by atoms with E-state index in [2.05, 4.69) is 24.3 Å². The number of benzene rings is 3. The molecule has 0 spiro atoms. The van der Waals surface area contributed by atoms with Crippen molar-refractivity contribution in [2.24, 2.45) is 0 Å². The molecule has 0 fully saturated rings. The molecule has 4 heteroatoms. The summed E-state index contributed by atoms with van der Waals surface area (Å²) in [5.41, 5.74) is 3.56. The van der Waals surface area contributed by atoms with Gasteiger partial charge >= 0.3 is 0 Å². The summed E-state index contributed by atoms with van der Waals surface area (Å²) < 4.78 is 42.7. The van der Waals surface area contributed by atoms with E-state index in [9.17, 15) is 13.2 Å². The molecule has 0 aliphatic rings. The number of halogens is 3. The Balaban J connectivity index is 1.81. The average molecular weight is 370 g/mol. The first-order valence-electron chi connectivity index (χ1n) is 8.80. The van der Waals surface area contributed by atoms with Gasteiger partial charge in [-0.25, -0.2) is 13.2 Å². The van der Waals surface area contributed by atoms with E-state index in [1.165, 1.54) is 35.9 Å². The quantitative estimate of drug-likeness (QED) is 0.570. The molecule has 0 N–H and O–H groups in total. The molecule has 0 nitrogen and oxygen atoms in total. The van der Waals surface area contributed by atoms with Crippen LogP contribution >= 0.6 is 0 Å². The van der Waals surface area contributed by atoms with Gasteiger partial charge < -0.3 is 0 Å². The molecule has 26 heavy (non-hydrogen) atoms. The van der Waals surface area contributed by atoms with Crippen molar-refractivity contribution in [3.8, 4) is 11.1 Å². The van der Waals surface area contributed by atoms with Crippen molar-refractivity contribution in [2.75, 3.05) is 0 Å². The first kappa shape index (κ1) is 18.5. The van der Waals surface area contributed by atoms with E-state index >= 15 is 0 Å². The molecular weight excluding hydrogens is 349 g/mol. The van der Waals surface area contributed by atoms with Crippen LogP contribution < -0.4 is 0 Å². The molecular formula is C22H21F3Si. The minimum absolute atomic E-state index is 0.177. The Kier molecular flexibility index (Phi) is 5.62. The minimum atomic E-state index is -0.658. The molecule has 134 valence electrons. The fraction of sp³-hybridized carbons (Fsp3) is 0.182. The standard InChI is InChI=1S/C22H21F3Si/c1-14-2-9-18(12-19(14)23)22-20(24)10-17(11-21(22)25)8-5-15-3-6-16(13-26)7-4-15/h2-4,6-7,9-12H,5,8,13H2,1,26H3. The summed E-state index contributed by atoms with van der Waals surface area (Å²) >= 11 is 0. The molecule has 0 radical (unpaired) electrons. The van der Waals surface area contributed by atoms with Gasteiger partial charge in [-0.1, -0.05) is 42.0 Å². The summed E-state index contributed by atoms with van der Waals surface area (Å²) in [6.45, 7) is 1.61. The van der Waals surface area contributed by atoms with Crippen LogP contribution in [0.4, 0.5) is 13.2 Å². The van der Waals surface area contributed by atoms with Crippen molar-refractivity contribution in [1.29, 1.82) is 0 Å². The molecule has 0 bridgehead atoms. The molecule has 0 aliphatic heterocycles. The van der Waals surface area contributed by atoms with Crippen molar-refractivity contribution in [2.45, 2.75) is 25.8 Å². The summed E-state index contributed by atoms with van der Waals surface area (Å²) in [6.07, 6.45) is 1.27. The lowest BCUT2D eigenvalue weighted by molar-refractivity contribution is 0.584. The van der Waals surface area contributed by atoms with Crippen LogP contribution in [-0.4, -0.2) is 10.2 Å². The zero-order valence-electron chi connectivity index (χ0n) is 15.0. The fourth-order valence-corrected chi connectivity index (χ4v) is 3.50. The van der Waals surface area contributed by atoms with Crippen LogP contribution in [0.25, 0.3) is 11.1 Å². The zero-order valence-corrected chi connectivity index (χ0v) is 17.0. The third-order valence-corrected chi connectivity index (χ3v) is 5.51. The summed E-state index contributed by atoms with van der Waals surface area (Å²) in [5.74, 6) is -1.78. The van der Waals surface area contributed by atoms with Gasteiger partial charge in [0.15, 0.2) is 0 Å². The molecule has 0 unspecified atom stereocenters. The first-order valence-corrected chi connectivity index (χ1v) is 10.2. The zero-order chi connectivity index (χ0) is 18.7. The van der Waals surface area contributed by atoms with Crippen LogP contribution in [0.5, 0.6) is 0 Å². The Labute approximate surface area is 155 Å². The lowest BCUT2D eigenvalue weighted by Crippen LogP contribution is -1.98. The predicted molar refractivity (Wildman–Crippen MR) is 104 cm³/mol. The molecule has 0 aliphatic carbocycles. The van der Waals surface area contributed by atoms with Gasteiger partial charge in [-0.05, 0) is 66.3 Å². The van der Waals surface area contributed by atoms with E-state index in [1.54, 1.807) is 6.92 Å². The molecule has 0 saturated heterocycles. The normalized spacial score (nSPS) is 11.1. The molecule has 0 heterocycles. The number of rotatable bonds is 5. The Bertz CT molecular complexity index is 894. The maximum atomic E-state index is 14.5. The van der Waals surface area contributed by atoms with Crippen LogP contribution in [0.3, 0.4) is 0 Å². The lowest BCUT2D eigenvalue weighted by atomic mass is 9.98. The van der Waals surface area contributed by atoms with Crippen molar-refractivity contribution in [1.82, 2.24) is 0 Å². The fourth-order valence-electron chi connectivity index (χ4n) is 3.02. The van der Waals surface area contributed by atoms with E-state index in [0.717, 1.165) is 28.3 Å². The highest BCUT2D eigenvalue weighted by molar-refractivity contribution is 6.08. The summed E-state index contributed by atoms with van der Waals surface area (Å²) in [4.78, 5) is 0. The average Bonchev–Trinajstić information content (AvgIpc) is 2.63. The molecule has 0 aromatic heterocycles. The monoisotopic (exact) mass is 370 g/mol. The molecule has 0 amide bonds. The van der Waals surface area contributed by atoms with Gasteiger partial charge in [-0.15, -0.1) is 0 Å². The maximum absolute atomic E-state index is 14.5. The van der Waals surface area contributed by atoms with Crippen molar-refractivity contribution in [3.05, 3.63) is 94.3 Å².